The van der Waals surface area contributed by atoms with Crippen LogP contribution in [0.25, 0.3) is 0 Å². The minimum Gasteiger partial charge on any atom is -0.493 e. The molecule has 2 aromatic rings. The molecule has 36 heavy (non-hydrogen) atoms. The van der Waals surface area contributed by atoms with Crippen LogP contribution in [0.4, 0.5) is 18.9 Å². The molecule has 1 fully saturated rings. The van der Waals surface area contributed by atoms with E-state index in [9.17, 15) is 31.5 Å². The van der Waals surface area contributed by atoms with Gasteiger partial charge in [-0.15, -0.1) is 0 Å². The minimum absolute atomic E-state index is 0.0938. The van der Waals surface area contributed by atoms with Crippen molar-refractivity contribution >= 4 is 21.6 Å². The third-order valence-electron chi connectivity index (χ3n) is 6.27. The largest absolute Gasteiger partial charge is 0.493 e. The van der Waals surface area contributed by atoms with E-state index in [-0.39, 0.29) is 22.1 Å². The van der Waals surface area contributed by atoms with Gasteiger partial charge in [0.25, 0.3) is 10.0 Å². The zero-order chi connectivity index (χ0) is 26.7. The standard InChI is InChI=1S/C24H29F3N2O6S/c1-28(19-9-4-5-10-20(19)30)23(31)15-29(17-8-6-7-16(13-17)24(25,26)27)36(32,33)18-11-12-21(34-2)22(14-18)35-3/h6-8,11-14,19-20,30H,4-5,9-10,15H2,1-3H3. The molecule has 1 aliphatic carbocycles. The lowest BCUT2D eigenvalue weighted by atomic mass is 9.91. The monoisotopic (exact) mass is 530 g/mol. The first-order valence-electron chi connectivity index (χ1n) is 11.3. The van der Waals surface area contributed by atoms with Crippen molar-refractivity contribution in [3.05, 3.63) is 48.0 Å². The molecular formula is C24H29F3N2O6S. The number of anilines is 1. The van der Waals surface area contributed by atoms with Crippen LogP contribution in [0, 0.1) is 0 Å². The van der Waals surface area contributed by atoms with Gasteiger partial charge in [-0.05, 0) is 43.2 Å². The molecule has 0 heterocycles. The number of nitrogens with zero attached hydrogens (tertiary/aromatic N) is 2. The van der Waals surface area contributed by atoms with Crippen LogP contribution in [-0.4, -0.2) is 64.3 Å². The van der Waals surface area contributed by atoms with E-state index in [1.54, 1.807) is 0 Å². The summed E-state index contributed by atoms with van der Waals surface area (Å²) in [4.78, 5) is 14.2. The number of hydrogen-bond donors (Lipinski definition) is 1. The molecule has 1 saturated carbocycles. The lowest BCUT2D eigenvalue weighted by molar-refractivity contribution is -0.137. The highest BCUT2D eigenvalue weighted by atomic mass is 32.2. The average Bonchev–Trinajstić information content (AvgIpc) is 2.85. The van der Waals surface area contributed by atoms with Gasteiger partial charge in [-0.1, -0.05) is 18.9 Å². The second-order valence-electron chi connectivity index (χ2n) is 8.50. The zero-order valence-corrected chi connectivity index (χ0v) is 21.0. The number of alkyl halides is 3. The van der Waals surface area contributed by atoms with Gasteiger partial charge in [-0.25, -0.2) is 8.42 Å². The van der Waals surface area contributed by atoms with Crippen LogP contribution in [0.1, 0.15) is 31.2 Å². The van der Waals surface area contributed by atoms with Crippen LogP contribution < -0.4 is 13.8 Å². The maximum absolute atomic E-state index is 13.7. The number of ether oxygens (including phenoxy) is 2. The van der Waals surface area contributed by atoms with Crippen molar-refractivity contribution in [1.29, 1.82) is 0 Å². The summed E-state index contributed by atoms with van der Waals surface area (Å²) in [5.41, 5.74) is -1.39. The van der Waals surface area contributed by atoms with Gasteiger partial charge >= 0.3 is 6.18 Å². The van der Waals surface area contributed by atoms with E-state index in [4.69, 9.17) is 9.47 Å². The number of aliphatic hydroxyl groups is 1. The molecule has 0 bridgehead atoms. The van der Waals surface area contributed by atoms with Gasteiger partial charge in [-0.2, -0.15) is 13.2 Å². The summed E-state index contributed by atoms with van der Waals surface area (Å²) in [6, 6.07) is 6.99. The van der Waals surface area contributed by atoms with Crippen molar-refractivity contribution in [3.8, 4) is 11.5 Å². The van der Waals surface area contributed by atoms with E-state index in [0.29, 0.717) is 23.2 Å². The normalized spacial score (nSPS) is 18.4. The van der Waals surface area contributed by atoms with E-state index in [0.717, 1.165) is 25.0 Å². The molecular weight excluding hydrogens is 501 g/mol. The fraction of sp³-hybridized carbons (Fsp3) is 0.458. The molecule has 198 valence electrons. The number of likely N-dealkylation sites (N-methyl/N-ethyl adjacent to an activating group) is 1. The number of hydrogen-bond acceptors (Lipinski definition) is 6. The topological polar surface area (TPSA) is 96.4 Å². The Morgan fingerprint density at radius 3 is 2.33 bits per heavy atom. The van der Waals surface area contributed by atoms with E-state index in [1.165, 1.54) is 50.4 Å². The molecule has 2 atom stereocenters. The van der Waals surface area contributed by atoms with Gasteiger partial charge in [0, 0.05) is 13.1 Å². The molecule has 0 aliphatic heterocycles. The fourth-order valence-electron chi connectivity index (χ4n) is 4.22. The van der Waals surface area contributed by atoms with Crippen molar-refractivity contribution < 1.29 is 41.0 Å². The summed E-state index contributed by atoms with van der Waals surface area (Å²) in [5.74, 6) is -0.317. The summed E-state index contributed by atoms with van der Waals surface area (Å²) in [6.07, 6.45) is -2.84. The number of sulfonamides is 1. The number of carbonyl (C=O) groups is 1. The highest BCUT2D eigenvalue weighted by molar-refractivity contribution is 7.92. The Morgan fingerprint density at radius 1 is 1.06 bits per heavy atom. The lowest BCUT2D eigenvalue weighted by Crippen LogP contribution is -2.50. The highest BCUT2D eigenvalue weighted by Gasteiger charge is 2.36. The molecule has 8 nitrogen and oxygen atoms in total. The number of rotatable bonds is 8. The second kappa shape index (κ2) is 11.0. The van der Waals surface area contributed by atoms with E-state index >= 15 is 0 Å². The number of methoxy groups -OCH3 is 2. The SMILES string of the molecule is COc1ccc(S(=O)(=O)N(CC(=O)N(C)C2CCCCC2O)c2cccc(C(F)(F)F)c2)cc1OC. The molecule has 1 amide bonds. The number of aliphatic hydroxyl groups excluding tert-OH is 1. The molecule has 2 aromatic carbocycles. The fourth-order valence-corrected chi connectivity index (χ4v) is 5.64. The first-order valence-corrected chi connectivity index (χ1v) is 12.7. The van der Waals surface area contributed by atoms with Crippen LogP contribution in [-0.2, 0) is 21.0 Å². The summed E-state index contributed by atoms with van der Waals surface area (Å²) >= 11 is 0. The van der Waals surface area contributed by atoms with E-state index in [2.05, 4.69) is 0 Å². The van der Waals surface area contributed by atoms with Crippen molar-refractivity contribution in [3.63, 3.8) is 0 Å². The molecule has 12 heteroatoms. The first kappa shape index (κ1) is 27.6. The smallest absolute Gasteiger partial charge is 0.416 e. The predicted octanol–water partition coefficient (Wildman–Crippen LogP) is 3.68. The molecule has 3 rings (SSSR count). The van der Waals surface area contributed by atoms with Gasteiger partial charge in [0.2, 0.25) is 5.91 Å². The second-order valence-corrected chi connectivity index (χ2v) is 10.4. The van der Waals surface area contributed by atoms with Crippen LogP contribution in [0.15, 0.2) is 47.4 Å². The van der Waals surface area contributed by atoms with Gasteiger partial charge in [0.1, 0.15) is 6.54 Å². The van der Waals surface area contributed by atoms with Crippen LogP contribution in [0.2, 0.25) is 0 Å². The molecule has 1 N–H and O–H groups in total. The number of carbonyl (C=O) groups excluding carboxylic acids is 1. The van der Waals surface area contributed by atoms with Crippen molar-refractivity contribution in [2.24, 2.45) is 0 Å². The van der Waals surface area contributed by atoms with Gasteiger partial charge < -0.3 is 19.5 Å². The Labute approximate surface area is 208 Å². The zero-order valence-electron chi connectivity index (χ0n) is 20.2. The number of halogens is 3. The average molecular weight is 531 g/mol. The molecule has 0 spiro atoms. The predicted molar refractivity (Wildman–Crippen MR) is 127 cm³/mol. The third kappa shape index (κ3) is 5.86. The maximum Gasteiger partial charge on any atom is 0.416 e. The third-order valence-corrected chi connectivity index (χ3v) is 8.04. The minimum atomic E-state index is -4.72. The van der Waals surface area contributed by atoms with E-state index in [1.807, 2.05) is 0 Å². The van der Waals surface area contributed by atoms with Crippen LogP contribution in [0.5, 0.6) is 11.5 Å². The molecule has 0 aromatic heterocycles. The molecule has 1 aliphatic rings. The summed E-state index contributed by atoms with van der Waals surface area (Å²) in [7, 11) is -0.391. The molecule has 0 radical (unpaired) electrons. The Morgan fingerprint density at radius 2 is 1.72 bits per heavy atom. The van der Waals surface area contributed by atoms with Crippen molar-refractivity contribution in [2.75, 3.05) is 32.1 Å². The maximum atomic E-state index is 13.7. The van der Waals surface area contributed by atoms with Crippen molar-refractivity contribution in [2.45, 2.75) is 48.9 Å². The summed E-state index contributed by atoms with van der Waals surface area (Å²) < 4.78 is 78.5. The lowest BCUT2D eigenvalue weighted by Gasteiger charge is -2.36. The quantitative estimate of drug-likeness (QED) is 0.560. The van der Waals surface area contributed by atoms with Crippen LogP contribution >= 0.6 is 0 Å². The Kier molecular flexibility index (Phi) is 8.40. The number of benzene rings is 2. The Balaban J connectivity index is 2.06. The van der Waals surface area contributed by atoms with Crippen LogP contribution in [0.3, 0.4) is 0 Å². The highest BCUT2D eigenvalue weighted by Crippen LogP contribution is 2.35. The molecule has 0 saturated heterocycles. The van der Waals surface area contributed by atoms with E-state index < -0.39 is 46.4 Å². The first-order chi connectivity index (χ1) is 16.9. The Hall–Kier alpha value is -2.99. The molecule has 2 unspecified atom stereocenters. The Bertz CT molecular complexity index is 1190. The number of amides is 1. The summed E-state index contributed by atoms with van der Waals surface area (Å²) in [5, 5.41) is 10.3. The van der Waals surface area contributed by atoms with Gasteiger partial charge in [0.05, 0.1) is 42.5 Å². The van der Waals surface area contributed by atoms with Gasteiger partial charge in [-0.3, -0.25) is 9.10 Å². The van der Waals surface area contributed by atoms with Gasteiger partial charge in [0.15, 0.2) is 11.5 Å². The van der Waals surface area contributed by atoms with Crippen molar-refractivity contribution in [1.82, 2.24) is 4.90 Å². The summed E-state index contributed by atoms with van der Waals surface area (Å²) in [6.45, 7) is -0.766.